The molecule has 0 aliphatic carbocycles. The van der Waals surface area contributed by atoms with Crippen molar-refractivity contribution in [3.8, 4) is 5.75 Å². The van der Waals surface area contributed by atoms with Crippen molar-refractivity contribution in [2.24, 2.45) is 11.8 Å². The number of fused-ring (bicyclic) bond motifs is 4. The predicted molar refractivity (Wildman–Crippen MR) is 147 cm³/mol. The minimum atomic E-state index is -1.30. The number of nitrogens with two attached hydrogens (primary N) is 1. The van der Waals surface area contributed by atoms with Crippen LogP contribution in [0.4, 0.5) is 15.8 Å². The fourth-order valence-electron chi connectivity index (χ4n) is 6.57. The van der Waals surface area contributed by atoms with Crippen molar-refractivity contribution in [1.82, 2.24) is 0 Å². The molecule has 3 heterocycles. The van der Waals surface area contributed by atoms with Gasteiger partial charge in [0, 0.05) is 17.5 Å². The number of hydrogen-bond donors (Lipinski definition) is 1. The van der Waals surface area contributed by atoms with E-state index in [0.29, 0.717) is 34.7 Å². The molecule has 9 heteroatoms. The van der Waals surface area contributed by atoms with Crippen molar-refractivity contribution in [1.29, 1.82) is 0 Å². The van der Waals surface area contributed by atoms with Gasteiger partial charge in [0.2, 0.25) is 17.4 Å². The molecule has 6 rings (SSSR count). The van der Waals surface area contributed by atoms with Crippen LogP contribution in [0.2, 0.25) is 0 Å². The van der Waals surface area contributed by atoms with E-state index in [-0.39, 0.29) is 30.3 Å². The van der Waals surface area contributed by atoms with Gasteiger partial charge in [-0.25, -0.2) is 9.29 Å². The Labute approximate surface area is 230 Å². The van der Waals surface area contributed by atoms with Crippen LogP contribution < -0.4 is 19.9 Å². The van der Waals surface area contributed by atoms with Gasteiger partial charge in [0.05, 0.1) is 25.0 Å². The maximum absolute atomic E-state index is 14.7. The number of amides is 3. The summed E-state index contributed by atoms with van der Waals surface area (Å²) in [6, 6.07) is 20.3. The summed E-state index contributed by atoms with van der Waals surface area (Å²) in [5, 5.41) is 1.96. The van der Waals surface area contributed by atoms with E-state index in [9.17, 15) is 18.8 Å². The molecule has 3 aromatic carbocycles. The molecule has 0 aromatic heterocycles. The average molecular weight is 547 g/mol. The highest BCUT2D eigenvalue weighted by molar-refractivity contribution is 7.98. The molecular weight excluding hydrogens is 517 g/mol. The average Bonchev–Trinajstić information content (AvgIpc) is 3.52. The van der Waals surface area contributed by atoms with E-state index in [2.05, 4.69) is 0 Å². The van der Waals surface area contributed by atoms with Gasteiger partial charge in [-0.1, -0.05) is 36.4 Å². The third kappa shape index (κ3) is 3.78. The molecule has 3 aliphatic heterocycles. The zero-order chi connectivity index (χ0) is 27.3. The fraction of sp³-hybridized carbons (Fsp3) is 0.300. The van der Waals surface area contributed by atoms with E-state index in [1.807, 2.05) is 35.8 Å². The number of methoxy groups -OCH3 is 1. The zero-order valence-electron chi connectivity index (χ0n) is 21.7. The number of imide groups is 1. The van der Waals surface area contributed by atoms with E-state index in [4.69, 9.17) is 4.74 Å². The van der Waals surface area contributed by atoms with Crippen molar-refractivity contribution in [3.05, 3.63) is 89.7 Å². The summed E-state index contributed by atoms with van der Waals surface area (Å²) in [4.78, 5) is 45.5. The summed E-state index contributed by atoms with van der Waals surface area (Å²) in [6.07, 6.45) is 2.67. The van der Waals surface area contributed by atoms with Gasteiger partial charge >= 0.3 is 0 Å². The molecule has 2 fully saturated rings. The minimum Gasteiger partial charge on any atom is -0.497 e. The number of hydrogen-bond acceptors (Lipinski definition) is 5. The maximum atomic E-state index is 14.7. The van der Waals surface area contributed by atoms with Crippen LogP contribution in [0.5, 0.6) is 5.75 Å². The largest absolute Gasteiger partial charge is 0.497 e. The second-order valence-corrected chi connectivity index (χ2v) is 11.2. The van der Waals surface area contributed by atoms with E-state index in [0.717, 1.165) is 5.75 Å². The number of halogens is 1. The number of para-hydroxylation sites is 1. The van der Waals surface area contributed by atoms with E-state index in [1.54, 1.807) is 66.2 Å². The number of rotatable bonds is 7. The third-order valence-electron chi connectivity index (χ3n) is 8.29. The Kier molecular flexibility index (Phi) is 6.43. The number of carbonyl (C=O) groups excluding carboxylic acids is 3. The molecule has 2 saturated heterocycles. The van der Waals surface area contributed by atoms with Gasteiger partial charge in [-0.2, -0.15) is 11.8 Å². The number of ether oxygens (including phenoxy) is 1. The Morgan fingerprint density at radius 1 is 0.974 bits per heavy atom. The van der Waals surface area contributed by atoms with Crippen LogP contribution in [0.15, 0.2) is 72.8 Å². The SMILES string of the molecule is COc1ccc(N2C(=O)[C@H]3[C@H](CCSC)[NH2+][C@@]4(C(=O)N(Cc5ccccc5F)c5ccccc54)[C@H]3C2=O)cc1. The fourth-order valence-corrected chi connectivity index (χ4v) is 7.08. The molecule has 1 spiro atoms. The molecule has 7 nitrogen and oxygen atoms in total. The summed E-state index contributed by atoms with van der Waals surface area (Å²) >= 11 is 1.67. The molecule has 0 saturated carbocycles. The highest BCUT2D eigenvalue weighted by atomic mass is 32.2. The normalized spacial score (nSPS) is 25.5. The molecule has 0 unspecified atom stereocenters. The lowest BCUT2D eigenvalue weighted by Crippen LogP contribution is -2.99. The first-order valence-corrected chi connectivity index (χ1v) is 14.3. The van der Waals surface area contributed by atoms with Crippen molar-refractivity contribution >= 4 is 40.9 Å². The van der Waals surface area contributed by atoms with E-state index in [1.165, 1.54) is 11.0 Å². The molecule has 0 bridgehead atoms. The Balaban J connectivity index is 1.46. The zero-order valence-corrected chi connectivity index (χ0v) is 22.5. The number of carbonyl (C=O) groups is 3. The lowest BCUT2D eigenvalue weighted by atomic mass is 9.76. The molecule has 3 aromatic rings. The third-order valence-corrected chi connectivity index (χ3v) is 8.94. The second kappa shape index (κ2) is 9.81. The first-order chi connectivity index (χ1) is 18.9. The molecule has 3 aliphatic rings. The van der Waals surface area contributed by atoms with Gasteiger partial charge < -0.3 is 15.0 Å². The van der Waals surface area contributed by atoms with Crippen LogP contribution in [-0.4, -0.2) is 42.9 Å². The number of quaternary nitrogens is 1. The van der Waals surface area contributed by atoms with Crippen molar-refractivity contribution in [2.75, 3.05) is 28.9 Å². The summed E-state index contributed by atoms with van der Waals surface area (Å²) in [5.41, 5.74) is 0.893. The summed E-state index contributed by atoms with van der Waals surface area (Å²) in [6.45, 7) is 0.0370. The number of anilines is 2. The van der Waals surface area contributed by atoms with Crippen LogP contribution in [0.3, 0.4) is 0 Å². The highest BCUT2D eigenvalue weighted by Crippen LogP contribution is 2.52. The van der Waals surface area contributed by atoms with Crippen molar-refractivity contribution in [3.63, 3.8) is 0 Å². The first kappa shape index (κ1) is 25.6. The van der Waals surface area contributed by atoms with Gasteiger partial charge in [0.1, 0.15) is 29.4 Å². The lowest BCUT2D eigenvalue weighted by Gasteiger charge is -2.27. The molecule has 4 atom stereocenters. The summed E-state index contributed by atoms with van der Waals surface area (Å²) in [5.74, 6) is -1.47. The summed E-state index contributed by atoms with van der Waals surface area (Å²) < 4.78 is 19.9. The molecule has 2 N–H and O–H groups in total. The van der Waals surface area contributed by atoms with Gasteiger partial charge in [0.25, 0.3) is 5.91 Å². The quantitative estimate of drug-likeness (QED) is 0.461. The number of thioether (sulfide) groups is 1. The second-order valence-electron chi connectivity index (χ2n) is 10.2. The van der Waals surface area contributed by atoms with Crippen LogP contribution in [-0.2, 0) is 26.5 Å². The molecule has 39 heavy (non-hydrogen) atoms. The van der Waals surface area contributed by atoms with Crippen LogP contribution in [0, 0.1) is 17.7 Å². The highest BCUT2D eigenvalue weighted by Gasteiger charge is 2.75. The lowest BCUT2D eigenvalue weighted by molar-refractivity contribution is -0.733. The maximum Gasteiger partial charge on any atom is 0.294 e. The first-order valence-electron chi connectivity index (χ1n) is 12.9. The molecule has 0 radical (unpaired) electrons. The van der Waals surface area contributed by atoms with Crippen LogP contribution in [0.25, 0.3) is 0 Å². The Bertz CT molecular complexity index is 1460. The van der Waals surface area contributed by atoms with Crippen molar-refractivity contribution in [2.45, 2.75) is 24.5 Å². The Hall–Kier alpha value is -3.69. The van der Waals surface area contributed by atoms with E-state index >= 15 is 0 Å². The molecular formula is C30H29FN3O4S+. The molecule has 3 amide bonds. The Morgan fingerprint density at radius 3 is 2.41 bits per heavy atom. The monoisotopic (exact) mass is 546 g/mol. The van der Waals surface area contributed by atoms with Crippen molar-refractivity contribution < 1.29 is 28.8 Å². The summed E-state index contributed by atoms with van der Waals surface area (Å²) in [7, 11) is 1.55. The van der Waals surface area contributed by atoms with Gasteiger partial charge in [0.15, 0.2) is 0 Å². The van der Waals surface area contributed by atoms with E-state index < -0.39 is 23.2 Å². The smallest absolute Gasteiger partial charge is 0.294 e. The van der Waals surface area contributed by atoms with Crippen LogP contribution >= 0.6 is 11.8 Å². The number of benzene rings is 3. The predicted octanol–water partition coefficient (Wildman–Crippen LogP) is 3.08. The minimum absolute atomic E-state index is 0.0370. The van der Waals surface area contributed by atoms with Gasteiger partial charge in [-0.15, -0.1) is 0 Å². The van der Waals surface area contributed by atoms with Gasteiger partial charge in [-0.05, 0) is 48.4 Å². The molecule has 200 valence electrons. The Morgan fingerprint density at radius 2 is 1.69 bits per heavy atom. The number of nitrogens with zero attached hydrogens (tertiary/aromatic N) is 2. The topological polar surface area (TPSA) is 83.5 Å². The van der Waals surface area contributed by atoms with Gasteiger partial charge in [-0.3, -0.25) is 14.4 Å². The standard InChI is InChI=1S/C30H28FN3O4S/c1-38-20-13-11-19(12-14-20)34-27(35)25-23(15-16-39-2)32-30(26(25)28(34)36)21-8-4-6-10-24(21)33(29(30)37)17-18-7-3-5-9-22(18)31/h3-14,23,25-26,32H,15-17H2,1-2H3/p+1/t23-,25-,26+,30+/m0/s1. The van der Waals surface area contributed by atoms with Crippen LogP contribution in [0.1, 0.15) is 17.5 Å².